The van der Waals surface area contributed by atoms with Crippen LogP contribution in [0.5, 0.6) is 0 Å². The lowest BCUT2D eigenvalue weighted by Gasteiger charge is -2.18. The Balaban J connectivity index is 1.75. The number of carbonyl (C=O) groups is 1. The van der Waals surface area contributed by atoms with Crippen molar-refractivity contribution >= 4 is 39.6 Å². The number of aromatic nitrogens is 3. The lowest BCUT2D eigenvalue weighted by molar-refractivity contribution is -0.120. The fourth-order valence-electron chi connectivity index (χ4n) is 3.50. The van der Waals surface area contributed by atoms with Gasteiger partial charge in [0.05, 0.1) is 24.3 Å². The summed E-state index contributed by atoms with van der Waals surface area (Å²) in [7, 11) is -3.58. The SMILES string of the molecule is CC(C)C[C@H](CO)Nc1nc(NS(C)(=O)=O)nc(SCc2ccc(C3(C(N)=O)CC3)cc2)n1. The lowest BCUT2D eigenvalue weighted by Crippen LogP contribution is -2.28. The Hall–Kier alpha value is -2.44. The highest BCUT2D eigenvalue weighted by Gasteiger charge is 2.49. The molecule has 3 rings (SSSR count). The number of rotatable bonds is 12. The first kappa shape index (κ1) is 25.2. The topological polar surface area (TPSA) is 160 Å². The molecule has 1 aromatic heterocycles. The van der Waals surface area contributed by atoms with Gasteiger partial charge < -0.3 is 16.2 Å². The van der Waals surface area contributed by atoms with Crippen LogP contribution < -0.4 is 15.8 Å². The molecular weight excluding hydrogens is 464 g/mol. The predicted octanol–water partition coefficient (Wildman–Crippen LogP) is 1.87. The van der Waals surface area contributed by atoms with Crippen molar-refractivity contribution < 1.29 is 18.3 Å². The maximum atomic E-state index is 11.7. The number of anilines is 2. The van der Waals surface area contributed by atoms with Crippen molar-refractivity contribution in [1.29, 1.82) is 0 Å². The molecule has 1 fully saturated rings. The van der Waals surface area contributed by atoms with Crippen molar-refractivity contribution in [2.24, 2.45) is 11.7 Å². The molecule has 0 spiro atoms. The zero-order chi connectivity index (χ0) is 24.2. The van der Waals surface area contributed by atoms with Crippen molar-refractivity contribution in [3.8, 4) is 0 Å². The Morgan fingerprint density at radius 3 is 2.33 bits per heavy atom. The van der Waals surface area contributed by atoms with Crippen LogP contribution >= 0.6 is 11.8 Å². The maximum absolute atomic E-state index is 11.7. The fourth-order valence-corrected chi connectivity index (χ4v) is 4.71. The third-order valence-electron chi connectivity index (χ3n) is 5.30. The quantitative estimate of drug-likeness (QED) is 0.323. The summed E-state index contributed by atoms with van der Waals surface area (Å²) in [6.45, 7) is 3.96. The maximum Gasteiger partial charge on any atom is 0.242 e. The van der Waals surface area contributed by atoms with Crippen molar-refractivity contribution in [3.63, 3.8) is 0 Å². The van der Waals surface area contributed by atoms with Crippen molar-refractivity contribution in [1.82, 2.24) is 15.0 Å². The van der Waals surface area contributed by atoms with Gasteiger partial charge in [0.15, 0.2) is 5.16 Å². The highest BCUT2D eigenvalue weighted by molar-refractivity contribution is 7.98. The number of thioether (sulfide) groups is 1. The molecule has 33 heavy (non-hydrogen) atoms. The highest BCUT2D eigenvalue weighted by atomic mass is 32.2. The van der Waals surface area contributed by atoms with E-state index in [0.717, 1.165) is 30.2 Å². The van der Waals surface area contributed by atoms with Crippen LogP contribution in [0.15, 0.2) is 29.4 Å². The van der Waals surface area contributed by atoms with Gasteiger partial charge in [0.2, 0.25) is 27.8 Å². The minimum Gasteiger partial charge on any atom is -0.394 e. The Bertz CT molecular complexity index is 1090. The number of aliphatic hydroxyl groups excluding tert-OH is 1. The van der Waals surface area contributed by atoms with Crippen molar-refractivity contribution in [2.45, 2.75) is 55.5 Å². The molecule has 0 aliphatic heterocycles. The molecular formula is C21H30N6O4S2. The van der Waals surface area contributed by atoms with E-state index in [-0.39, 0.29) is 30.5 Å². The Morgan fingerprint density at radius 1 is 1.18 bits per heavy atom. The van der Waals surface area contributed by atoms with Crippen molar-refractivity contribution in [2.75, 3.05) is 22.9 Å². The molecule has 1 aromatic carbocycles. The molecule has 10 nitrogen and oxygen atoms in total. The van der Waals surface area contributed by atoms with Gasteiger partial charge in [0, 0.05) is 5.75 Å². The molecule has 1 heterocycles. The summed E-state index contributed by atoms with van der Waals surface area (Å²) in [4.78, 5) is 24.5. The summed E-state index contributed by atoms with van der Waals surface area (Å²) in [5.41, 5.74) is 6.94. The second kappa shape index (κ2) is 10.2. The number of nitrogens with two attached hydrogens (primary N) is 1. The van der Waals surface area contributed by atoms with Crippen LogP contribution in [0.1, 0.15) is 44.2 Å². The molecule has 0 unspecified atom stereocenters. The zero-order valence-electron chi connectivity index (χ0n) is 18.9. The van der Waals surface area contributed by atoms with E-state index in [9.17, 15) is 18.3 Å². The Morgan fingerprint density at radius 2 is 1.82 bits per heavy atom. The lowest BCUT2D eigenvalue weighted by atomic mass is 9.95. The van der Waals surface area contributed by atoms with Crippen LogP contribution in [0.2, 0.25) is 0 Å². The molecule has 1 saturated carbocycles. The van der Waals surface area contributed by atoms with Crippen LogP contribution in [-0.4, -0.2) is 53.3 Å². The zero-order valence-corrected chi connectivity index (χ0v) is 20.5. The normalized spacial score (nSPS) is 15.8. The van der Waals surface area contributed by atoms with Gasteiger partial charge in [-0.3, -0.25) is 9.52 Å². The summed E-state index contributed by atoms with van der Waals surface area (Å²) < 4.78 is 25.6. The van der Waals surface area contributed by atoms with Crippen LogP contribution in [-0.2, 0) is 26.0 Å². The van der Waals surface area contributed by atoms with Crippen LogP contribution in [0.4, 0.5) is 11.9 Å². The number of amides is 1. The van der Waals surface area contributed by atoms with Gasteiger partial charge in [0.1, 0.15) is 0 Å². The number of nitrogens with one attached hydrogen (secondary N) is 2. The summed E-state index contributed by atoms with van der Waals surface area (Å²) >= 11 is 1.32. The average Bonchev–Trinajstić information content (AvgIpc) is 3.52. The Kier molecular flexibility index (Phi) is 7.80. The molecule has 2 aromatic rings. The standard InChI is InChI=1S/C21H30N6O4S2/c1-13(2)10-16(11-28)23-18-24-19(27-33(3,30)31)26-20(25-18)32-12-14-4-6-15(7-5-14)21(8-9-21)17(22)29/h4-7,13,16,28H,8-12H2,1-3H3,(H2,22,29)(H2,23,24,25,26,27)/t16-/m1/s1. The minimum atomic E-state index is -3.58. The Labute approximate surface area is 198 Å². The van der Waals surface area contributed by atoms with E-state index in [2.05, 4.69) is 25.0 Å². The largest absolute Gasteiger partial charge is 0.394 e. The second-order valence-electron chi connectivity index (χ2n) is 8.72. The molecule has 5 N–H and O–H groups in total. The third kappa shape index (κ3) is 7.02. The number of nitrogens with zero attached hydrogens (tertiary/aromatic N) is 3. The summed E-state index contributed by atoms with van der Waals surface area (Å²) in [5, 5.41) is 13.0. The number of benzene rings is 1. The number of sulfonamides is 1. The molecule has 1 amide bonds. The number of aliphatic hydroxyl groups is 1. The number of hydrogen-bond donors (Lipinski definition) is 4. The van der Waals surface area contributed by atoms with Gasteiger partial charge in [-0.25, -0.2) is 8.42 Å². The van der Waals surface area contributed by atoms with Gasteiger partial charge in [-0.1, -0.05) is 49.9 Å². The van der Waals surface area contributed by atoms with E-state index in [4.69, 9.17) is 5.73 Å². The molecule has 0 saturated heterocycles. The molecule has 1 aliphatic carbocycles. The summed E-state index contributed by atoms with van der Waals surface area (Å²) in [6, 6.07) is 7.44. The van der Waals surface area contributed by atoms with Gasteiger partial charge in [-0.15, -0.1) is 0 Å². The van der Waals surface area contributed by atoms with Gasteiger partial charge >= 0.3 is 0 Å². The van der Waals surface area contributed by atoms with E-state index in [1.54, 1.807) is 0 Å². The number of hydrogen-bond acceptors (Lipinski definition) is 9. The van der Waals surface area contributed by atoms with E-state index < -0.39 is 15.4 Å². The number of carbonyl (C=O) groups excluding carboxylic acids is 1. The van der Waals surface area contributed by atoms with Crippen LogP contribution in [0.25, 0.3) is 0 Å². The van der Waals surface area contributed by atoms with Gasteiger partial charge in [-0.2, -0.15) is 15.0 Å². The first-order chi connectivity index (χ1) is 15.5. The summed E-state index contributed by atoms with van der Waals surface area (Å²) in [5.74, 6) is 0.670. The molecule has 0 radical (unpaired) electrons. The van der Waals surface area contributed by atoms with E-state index in [1.165, 1.54) is 11.8 Å². The average molecular weight is 495 g/mol. The molecule has 180 valence electrons. The molecule has 1 aliphatic rings. The minimum absolute atomic E-state index is 0.0915. The summed E-state index contributed by atoms with van der Waals surface area (Å²) in [6.07, 6.45) is 3.27. The third-order valence-corrected chi connectivity index (χ3v) is 6.77. The second-order valence-corrected chi connectivity index (χ2v) is 11.4. The van der Waals surface area contributed by atoms with E-state index >= 15 is 0 Å². The molecule has 12 heteroatoms. The highest BCUT2D eigenvalue weighted by Crippen LogP contribution is 2.47. The van der Waals surface area contributed by atoms with Crippen LogP contribution in [0.3, 0.4) is 0 Å². The van der Waals surface area contributed by atoms with Crippen molar-refractivity contribution in [3.05, 3.63) is 35.4 Å². The van der Waals surface area contributed by atoms with Gasteiger partial charge in [0.25, 0.3) is 0 Å². The van der Waals surface area contributed by atoms with Gasteiger partial charge in [-0.05, 0) is 36.3 Å². The predicted molar refractivity (Wildman–Crippen MR) is 128 cm³/mol. The molecule has 1 atom stereocenters. The smallest absolute Gasteiger partial charge is 0.242 e. The molecule has 0 bridgehead atoms. The van der Waals surface area contributed by atoms with Crippen LogP contribution in [0, 0.1) is 5.92 Å². The first-order valence-electron chi connectivity index (χ1n) is 10.6. The van der Waals surface area contributed by atoms with E-state index in [1.807, 2.05) is 38.1 Å². The van der Waals surface area contributed by atoms with E-state index in [0.29, 0.717) is 23.2 Å². The fraction of sp³-hybridized carbons (Fsp3) is 0.524. The first-order valence-corrected chi connectivity index (χ1v) is 13.5. The monoisotopic (exact) mass is 494 g/mol. The number of primary amides is 1.